The van der Waals surface area contributed by atoms with Crippen LogP contribution in [0, 0.1) is 17.0 Å². The molecule has 8 nitrogen and oxygen atoms in total. The van der Waals surface area contributed by atoms with Gasteiger partial charge in [-0.15, -0.1) is 10.1 Å². The number of hydrogen-bond acceptors (Lipinski definition) is 7. The first kappa shape index (κ1) is 27.3. The second-order valence-electron chi connectivity index (χ2n) is 7.26. The van der Waals surface area contributed by atoms with Gasteiger partial charge in [0.2, 0.25) is 0 Å². The van der Waals surface area contributed by atoms with Gasteiger partial charge >= 0.3 is 22.6 Å². The van der Waals surface area contributed by atoms with Crippen molar-refractivity contribution < 1.29 is 61.5 Å². The lowest BCUT2D eigenvalue weighted by molar-refractivity contribution is -0.758. The van der Waals surface area contributed by atoms with Crippen LogP contribution in [-0.4, -0.2) is 42.3 Å². The summed E-state index contributed by atoms with van der Waals surface area (Å²) in [6.45, 7) is 0.0793. The molecule has 1 unspecified atom stereocenters. The summed E-state index contributed by atoms with van der Waals surface area (Å²) in [5.41, 5.74) is -4.72. The molecule has 0 N–H and O–H groups in total. The molecule has 194 valence electrons. The van der Waals surface area contributed by atoms with Crippen LogP contribution >= 0.6 is 10.2 Å². The Morgan fingerprint density at radius 1 is 1.24 bits per heavy atom. The summed E-state index contributed by atoms with van der Waals surface area (Å²) in [6.07, 6.45) is -7.39. The molecule has 1 aromatic rings. The highest BCUT2D eigenvalue weighted by atomic mass is 32.5. The molecule has 17 heteroatoms. The summed E-state index contributed by atoms with van der Waals surface area (Å²) in [5.74, 6) is -0.771. The molecule has 0 aromatic heterocycles. The Labute approximate surface area is 186 Å². The summed E-state index contributed by atoms with van der Waals surface area (Å²) >= 11 is 0. The standard InChI is InChI=1S/C17H17F8NO7S/c1-10-7-13(34(21,22,23,24)25)8-12-3-5-16(17(18,19)20,33-14(10)12)9-30-15(27)32-11(2)4-6-31-26(28)29/h3,5,7-8,11H,4,6,9H2,1-2H3/t11?,16-/m0/s1. The van der Waals surface area contributed by atoms with E-state index in [1.54, 1.807) is 0 Å². The zero-order valence-electron chi connectivity index (χ0n) is 17.2. The van der Waals surface area contributed by atoms with Crippen molar-refractivity contribution in [3.63, 3.8) is 0 Å². The highest BCUT2D eigenvalue weighted by Gasteiger charge is 2.66. The Kier molecular flexibility index (Phi) is 6.46. The van der Waals surface area contributed by atoms with Crippen LogP contribution in [0.5, 0.6) is 5.75 Å². The van der Waals surface area contributed by atoms with Crippen molar-refractivity contribution in [2.45, 2.75) is 43.0 Å². The quantitative estimate of drug-likeness (QED) is 0.164. The number of carbonyl (C=O) groups excluding carboxylic acids is 1. The van der Waals surface area contributed by atoms with E-state index < -0.39 is 74.3 Å². The van der Waals surface area contributed by atoms with Crippen molar-refractivity contribution in [1.82, 2.24) is 0 Å². The van der Waals surface area contributed by atoms with Gasteiger partial charge in [0.05, 0.1) is 6.61 Å². The lowest BCUT2D eigenvalue weighted by Gasteiger charge is -2.42. The van der Waals surface area contributed by atoms with Crippen LogP contribution in [0.15, 0.2) is 23.1 Å². The number of nitrogens with zero attached hydrogens (tertiary/aromatic N) is 1. The number of fused-ring (bicyclic) bond motifs is 1. The zero-order chi connectivity index (χ0) is 26.2. The molecule has 1 aromatic carbocycles. The molecule has 1 heterocycles. The number of alkyl halides is 3. The number of aryl methyl sites for hydroxylation is 1. The minimum absolute atomic E-state index is 0.0372. The Morgan fingerprint density at radius 2 is 1.85 bits per heavy atom. The first-order valence-electron chi connectivity index (χ1n) is 9.08. The van der Waals surface area contributed by atoms with Gasteiger partial charge in [-0.2, -0.15) is 13.2 Å². The number of carbonyl (C=O) groups is 1. The average molecular weight is 531 g/mol. The van der Waals surface area contributed by atoms with E-state index in [9.17, 15) is 47.5 Å². The van der Waals surface area contributed by atoms with Crippen LogP contribution in [0.1, 0.15) is 24.5 Å². The van der Waals surface area contributed by atoms with Gasteiger partial charge in [-0.3, -0.25) is 0 Å². The number of rotatable bonds is 8. The molecule has 2 rings (SSSR count). The van der Waals surface area contributed by atoms with Crippen LogP contribution in [-0.2, 0) is 14.3 Å². The van der Waals surface area contributed by atoms with Gasteiger partial charge in [-0.05, 0) is 37.6 Å². The van der Waals surface area contributed by atoms with Crippen LogP contribution in [0.3, 0.4) is 0 Å². The molecule has 0 amide bonds. The summed E-state index contributed by atoms with van der Waals surface area (Å²) in [4.78, 5) is 23.5. The second-order valence-corrected chi connectivity index (χ2v) is 9.67. The van der Waals surface area contributed by atoms with Gasteiger partial charge in [0, 0.05) is 12.0 Å². The number of ether oxygens (including phenoxy) is 3. The van der Waals surface area contributed by atoms with Gasteiger partial charge in [0.25, 0.3) is 10.7 Å². The third-order valence-electron chi connectivity index (χ3n) is 4.44. The second kappa shape index (κ2) is 8.06. The fourth-order valence-electron chi connectivity index (χ4n) is 2.72. The van der Waals surface area contributed by atoms with Gasteiger partial charge < -0.3 is 19.0 Å². The zero-order valence-corrected chi connectivity index (χ0v) is 18.1. The Morgan fingerprint density at radius 3 is 2.38 bits per heavy atom. The maximum Gasteiger partial charge on any atom is 0.508 e. The molecule has 0 spiro atoms. The Balaban J connectivity index is 2.22. The highest BCUT2D eigenvalue weighted by molar-refractivity contribution is 8.45. The van der Waals surface area contributed by atoms with Crippen molar-refractivity contribution >= 4 is 22.5 Å². The van der Waals surface area contributed by atoms with Crippen molar-refractivity contribution in [1.29, 1.82) is 0 Å². The molecule has 1 aliphatic heterocycles. The van der Waals surface area contributed by atoms with Crippen LogP contribution in [0.4, 0.5) is 37.4 Å². The molecule has 0 radical (unpaired) electrons. The van der Waals surface area contributed by atoms with E-state index >= 15 is 0 Å². The van der Waals surface area contributed by atoms with E-state index in [2.05, 4.69) is 14.3 Å². The van der Waals surface area contributed by atoms with Gasteiger partial charge in [0.15, 0.2) is 0 Å². The van der Waals surface area contributed by atoms with Crippen molar-refractivity contribution in [2.24, 2.45) is 0 Å². The summed E-state index contributed by atoms with van der Waals surface area (Å²) in [6, 6.07) is -0.0744. The number of hydrogen-bond donors (Lipinski definition) is 0. The van der Waals surface area contributed by atoms with Crippen LogP contribution in [0.25, 0.3) is 6.08 Å². The summed E-state index contributed by atoms with van der Waals surface area (Å²) < 4.78 is 121. The van der Waals surface area contributed by atoms with Crippen LogP contribution in [0.2, 0.25) is 0 Å². The van der Waals surface area contributed by atoms with E-state index in [-0.39, 0.29) is 24.6 Å². The topological polar surface area (TPSA) is 97.1 Å². The molecule has 0 aliphatic carbocycles. The molecule has 1 aliphatic rings. The first-order valence-corrected chi connectivity index (χ1v) is 11.0. The molecule has 0 fully saturated rings. The van der Waals surface area contributed by atoms with Crippen LogP contribution < -0.4 is 4.74 Å². The summed E-state index contributed by atoms with van der Waals surface area (Å²) in [5, 5.41) is 8.95. The van der Waals surface area contributed by atoms with Crippen molar-refractivity contribution in [2.75, 3.05) is 13.2 Å². The van der Waals surface area contributed by atoms with Gasteiger partial charge in [0.1, 0.15) is 23.4 Å². The van der Waals surface area contributed by atoms with Gasteiger partial charge in [-0.1, -0.05) is 25.5 Å². The van der Waals surface area contributed by atoms with E-state index in [1.165, 1.54) is 6.92 Å². The molecule has 0 saturated carbocycles. The molecule has 34 heavy (non-hydrogen) atoms. The average Bonchev–Trinajstić information content (AvgIpc) is 2.63. The number of benzene rings is 1. The summed E-state index contributed by atoms with van der Waals surface area (Å²) in [7, 11) is -10.1. The molecule has 0 bridgehead atoms. The van der Waals surface area contributed by atoms with Crippen molar-refractivity contribution in [3.8, 4) is 5.75 Å². The first-order chi connectivity index (χ1) is 15.1. The Bertz CT molecular complexity index is 1010. The van der Waals surface area contributed by atoms with Gasteiger partial charge in [-0.25, -0.2) is 4.79 Å². The minimum Gasteiger partial charge on any atom is -0.469 e. The van der Waals surface area contributed by atoms with E-state index in [0.717, 1.165) is 6.92 Å². The monoisotopic (exact) mass is 531 g/mol. The molecule has 2 atom stereocenters. The molecular weight excluding hydrogens is 514 g/mol. The van der Waals surface area contributed by atoms with E-state index in [1.807, 2.05) is 0 Å². The van der Waals surface area contributed by atoms with E-state index in [4.69, 9.17) is 4.74 Å². The minimum atomic E-state index is -10.1. The lowest BCUT2D eigenvalue weighted by atomic mass is 9.97. The largest absolute Gasteiger partial charge is 0.508 e. The van der Waals surface area contributed by atoms with Crippen molar-refractivity contribution in [3.05, 3.63) is 39.4 Å². The maximum atomic E-state index is 13.8. The Hall–Kier alpha value is -2.98. The molecule has 0 saturated heterocycles. The third kappa shape index (κ3) is 6.54. The normalized spacial score (nSPS) is 20.8. The predicted octanol–water partition coefficient (Wildman–Crippen LogP) is 6.50. The highest BCUT2D eigenvalue weighted by Crippen LogP contribution is 3.02. The lowest BCUT2D eigenvalue weighted by Crippen LogP contribution is -2.54. The fourth-order valence-corrected chi connectivity index (χ4v) is 3.47. The van der Waals surface area contributed by atoms with E-state index in [0.29, 0.717) is 6.08 Å². The smallest absolute Gasteiger partial charge is 0.469 e. The fraction of sp³-hybridized carbons (Fsp3) is 0.471. The SMILES string of the molecule is Cc1cc(S(F)(F)(F)(F)F)cc2c1O[C@@](COC(=O)OC(C)CCO[N+](=O)[O-])(C(F)(F)F)C=C2. The number of halogens is 8. The maximum absolute atomic E-state index is 13.8. The third-order valence-corrected chi connectivity index (χ3v) is 5.57. The predicted molar refractivity (Wildman–Crippen MR) is 100 cm³/mol. The molecular formula is C17H17F8NO7S.